The van der Waals surface area contributed by atoms with E-state index in [0.29, 0.717) is 19.6 Å². The first-order chi connectivity index (χ1) is 11.6. The molecular weight excluding hydrogens is 320 g/mol. The fourth-order valence-corrected chi connectivity index (χ4v) is 5.39. The molecule has 2 N–H and O–H groups in total. The molecule has 6 nitrogen and oxygen atoms in total. The number of quaternary nitrogens is 2. The van der Waals surface area contributed by atoms with Gasteiger partial charge in [0.15, 0.2) is 12.1 Å². The number of amides is 2. The lowest BCUT2D eigenvalue weighted by atomic mass is 9.93. The number of carboxylic acid groups (broad SMARTS) is 2. The van der Waals surface area contributed by atoms with Crippen molar-refractivity contribution < 1.29 is 28.8 Å². The topological polar surface area (TPSA) is 74.6 Å². The molecule has 0 radical (unpaired) electrons. The van der Waals surface area contributed by atoms with Crippen molar-refractivity contribution in [2.75, 3.05) is 13.1 Å². The SMILES string of the molecule is CC(C)(C)[N+]1(C(=O)O)C2CCC1C[N+](Cc1ccccc1)(C(=O)O)C2. The van der Waals surface area contributed by atoms with Crippen LogP contribution in [0.25, 0.3) is 0 Å². The Morgan fingerprint density at radius 3 is 1.92 bits per heavy atom. The fraction of sp³-hybridized carbons (Fsp3) is 0.579. The quantitative estimate of drug-likeness (QED) is 0.802. The van der Waals surface area contributed by atoms with Crippen LogP contribution < -0.4 is 0 Å². The van der Waals surface area contributed by atoms with Crippen molar-refractivity contribution in [2.24, 2.45) is 0 Å². The van der Waals surface area contributed by atoms with Crippen LogP contribution >= 0.6 is 0 Å². The molecule has 6 heteroatoms. The number of rotatable bonds is 2. The minimum Gasteiger partial charge on any atom is -0.435 e. The van der Waals surface area contributed by atoms with Crippen LogP contribution in [0.15, 0.2) is 30.3 Å². The molecule has 136 valence electrons. The number of carbonyl (C=O) groups is 2. The Kier molecular flexibility index (Phi) is 4.16. The van der Waals surface area contributed by atoms with E-state index in [4.69, 9.17) is 0 Å². The third-order valence-corrected chi connectivity index (χ3v) is 6.27. The summed E-state index contributed by atoms with van der Waals surface area (Å²) in [7, 11) is 0. The van der Waals surface area contributed by atoms with E-state index in [1.165, 1.54) is 0 Å². The first-order valence-corrected chi connectivity index (χ1v) is 8.89. The summed E-state index contributed by atoms with van der Waals surface area (Å²) in [5, 5.41) is 20.2. The van der Waals surface area contributed by atoms with E-state index < -0.39 is 17.7 Å². The zero-order chi connectivity index (χ0) is 18.5. The van der Waals surface area contributed by atoms with E-state index in [2.05, 4.69) is 0 Å². The van der Waals surface area contributed by atoms with Crippen LogP contribution in [0.4, 0.5) is 9.59 Å². The molecule has 0 saturated carbocycles. The fourth-order valence-electron chi connectivity index (χ4n) is 5.39. The third kappa shape index (κ3) is 2.55. The normalized spacial score (nSPS) is 34.7. The van der Waals surface area contributed by atoms with Crippen LogP contribution in [0.5, 0.6) is 0 Å². The van der Waals surface area contributed by atoms with Crippen molar-refractivity contribution in [3.8, 4) is 0 Å². The lowest BCUT2D eigenvalue weighted by Gasteiger charge is -2.54. The van der Waals surface area contributed by atoms with Crippen LogP contribution in [0.1, 0.15) is 39.2 Å². The van der Waals surface area contributed by atoms with Gasteiger partial charge in [-0.25, -0.2) is 8.97 Å². The average Bonchev–Trinajstić information content (AvgIpc) is 2.75. The average molecular weight is 348 g/mol. The van der Waals surface area contributed by atoms with Crippen LogP contribution in [0.2, 0.25) is 0 Å². The molecule has 2 unspecified atom stereocenters. The van der Waals surface area contributed by atoms with E-state index in [1.54, 1.807) is 0 Å². The highest BCUT2D eigenvalue weighted by atomic mass is 16.4. The molecule has 25 heavy (non-hydrogen) atoms. The molecule has 2 atom stereocenters. The Hall–Kier alpha value is -1.92. The lowest BCUT2D eigenvalue weighted by Crippen LogP contribution is -2.79. The number of benzene rings is 1. The van der Waals surface area contributed by atoms with Gasteiger partial charge in [0.2, 0.25) is 0 Å². The van der Waals surface area contributed by atoms with Gasteiger partial charge in [0, 0.05) is 18.4 Å². The van der Waals surface area contributed by atoms with Gasteiger partial charge in [-0.05, 0) is 20.8 Å². The monoisotopic (exact) mass is 348 g/mol. The van der Waals surface area contributed by atoms with Gasteiger partial charge in [-0.3, -0.25) is 0 Å². The summed E-state index contributed by atoms with van der Waals surface area (Å²) in [6.07, 6.45) is -0.118. The molecule has 2 saturated heterocycles. The van der Waals surface area contributed by atoms with Gasteiger partial charge in [0.05, 0.1) is 0 Å². The summed E-state index contributed by atoms with van der Waals surface area (Å²) in [4.78, 5) is 24.6. The van der Waals surface area contributed by atoms with Gasteiger partial charge in [0.25, 0.3) is 0 Å². The zero-order valence-electron chi connectivity index (χ0n) is 15.2. The smallest absolute Gasteiger partial charge is 0.435 e. The predicted molar refractivity (Wildman–Crippen MR) is 93.0 cm³/mol. The van der Waals surface area contributed by atoms with Crippen molar-refractivity contribution in [3.05, 3.63) is 35.9 Å². The standard InChI is InChI=1S/C19H26N2O4/c1-19(2,3)21(18(24)25)15-9-10-16(21)13-20(12-15,17(22)23)11-14-7-5-4-6-8-14/h4-8,15-16H,9-13H2,1-3H3/p+2. The van der Waals surface area contributed by atoms with E-state index in [1.807, 2.05) is 51.1 Å². The minimum atomic E-state index is -0.849. The molecule has 2 bridgehead atoms. The van der Waals surface area contributed by atoms with Crippen molar-refractivity contribution in [1.82, 2.24) is 0 Å². The summed E-state index contributed by atoms with van der Waals surface area (Å²) in [5.74, 6) is 0. The summed E-state index contributed by atoms with van der Waals surface area (Å²) >= 11 is 0. The predicted octanol–water partition coefficient (Wildman–Crippen LogP) is 3.52. The second kappa shape index (κ2) is 5.81. The van der Waals surface area contributed by atoms with Crippen LogP contribution in [0, 0.1) is 0 Å². The molecule has 3 rings (SSSR count). The zero-order valence-corrected chi connectivity index (χ0v) is 15.2. The third-order valence-electron chi connectivity index (χ3n) is 6.27. The molecular formula is C19H28N2O4+2. The Labute approximate surface area is 148 Å². The van der Waals surface area contributed by atoms with Crippen LogP contribution in [-0.2, 0) is 6.54 Å². The molecule has 2 aliphatic heterocycles. The van der Waals surface area contributed by atoms with Crippen molar-refractivity contribution in [1.29, 1.82) is 0 Å². The summed E-state index contributed by atoms with van der Waals surface area (Å²) < 4.78 is -0.0717. The van der Waals surface area contributed by atoms with Gasteiger partial charge in [-0.15, -0.1) is 0 Å². The van der Waals surface area contributed by atoms with E-state index in [0.717, 1.165) is 18.4 Å². The molecule has 2 aliphatic rings. The van der Waals surface area contributed by atoms with Gasteiger partial charge in [-0.2, -0.15) is 9.59 Å². The molecule has 1 aromatic carbocycles. The number of nitrogens with zero attached hydrogens (tertiary/aromatic N) is 2. The first kappa shape index (κ1) is 17.9. The molecule has 0 aliphatic carbocycles. The molecule has 2 fully saturated rings. The number of likely N-dealkylation sites (tertiary alicyclic amines) is 1. The van der Waals surface area contributed by atoms with Crippen LogP contribution in [0.3, 0.4) is 0 Å². The molecule has 2 amide bonds. The maximum Gasteiger partial charge on any atom is 0.514 e. The number of hydrogen-bond donors (Lipinski definition) is 2. The van der Waals surface area contributed by atoms with E-state index in [9.17, 15) is 19.8 Å². The molecule has 2 heterocycles. The highest BCUT2D eigenvalue weighted by Crippen LogP contribution is 2.47. The van der Waals surface area contributed by atoms with Crippen molar-refractivity contribution in [2.45, 2.75) is 57.8 Å². The van der Waals surface area contributed by atoms with Gasteiger partial charge in [0.1, 0.15) is 25.2 Å². The Bertz CT molecular complexity index is 666. The summed E-state index contributed by atoms with van der Waals surface area (Å²) in [6.45, 7) is 7.03. The Morgan fingerprint density at radius 2 is 1.52 bits per heavy atom. The molecule has 0 spiro atoms. The maximum absolute atomic E-state index is 12.3. The van der Waals surface area contributed by atoms with Gasteiger partial charge >= 0.3 is 12.2 Å². The Morgan fingerprint density at radius 1 is 1.00 bits per heavy atom. The second-order valence-corrected chi connectivity index (χ2v) is 8.55. The van der Waals surface area contributed by atoms with Gasteiger partial charge < -0.3 is 10.2 Å². The molecule has 0 aromatic heterocycles. The maximum atomic E-state index is 12.3. The lowest BCUT2D eigenvalue weighted by molar-refractivity contribution is -1.02. The summed E-state index contributed by atoms with van der Waals surface area (Å²) in [5.41, 5.74) is 0.523. The highest BCUT2D eigenvalue weighted by molar-refractivity contribution is 5.60. The summed E-state index contributed by atoms with van der Waals surface area (Å²) in [6, 6.07) is 9.30. The van der Waals surface area contributed by atoms with Crippen LogP contribution in [-0.4, -0.2) is 62.1 Å². The number of piperazine rings is 1. The minimum absolute atomic E-state index is 0.00489. The Balaban J connectivity index is 2.01. The number of hydrogen-bond acceptors (Lipinski definition) is 2. The van der Waals surface area contributed by atoms with E-state index in [-0.39, 0.29) is 21.0 Å². The van der Waals surface area contributed by atoms with Crippen molar-refractivity contribution >= 4 is 12.2 Å². The highest BCUT2D eigenvalue weighted by Gasteiger charge is 2.70. The second-order valence-electron chi connectivity index (χ2n) is 8.55. The first-order valence-electron chi connectivity index (χ1n) is 8.89. The van der Waals surface area contributed by atoms with Gasteiger partial charge in [-0.1, -0.05) is 30.3 Å². The molecule has 1 aromatic rings. The van der Waals surface area contributed by atoms with E-state index >= 15 is 0 Å². The largest absolute Gasteiger partial charge is 0.514 e. The van der Waals surface area contributed by atoms with Crippen molar-refractivity contribution in [3.63, 3.8) is 0 Å². The number of fused-ring (bicyclic) bond motifs is 2.